The van der Waals surface area contributed by atoms with E-state index in [1.807, 2.05) is 6.92 Å². The first-order valence-electron chi connectivity index (χ1n) is 9.05. The van der Waals surface area contributed by atoms with E-state index in [1.165, 1.54) is 0 Å². The summed E-state index contributed by atoms with van der Waals surface area (Å²) in [5, 5.41) is 0. The highest BCUT2D eigenvalue weighted by atomic mass is 32.2. The van der Waals surface area contributed by atoms with Gasteiger partial charge in [0.25, 0.3) is 0 Å². The molecule has 0 aromatic heterocycles. The predicted molar refractivity (Wildman–Crippen MR) is 96.2 cm³/mol. The Morgan fingerprint density at radius 1 is 1.16 bits per heavy atom. The van der Waals surface area contributed by atoms with Crippen LogP contribution >= 0.6 is 0 Å². The van der Waals surface area contributed by atoms with Crippen molar-refractivity contribution in [2.45, 2.75) is 43.9 Å². The van der Waals surface area contributed by atoms with Gasteiger partial charge in [-0.25, -0.2) is 8.42 Å². The van der Waals surface area contributed by atoms with Gasteiger partial charge in [-0.05, 0) is 56.4 Å². The zero-order chi connectivity index (χ0) is 17.9. The van der Waals surface area contributed by atoms with Gasteiger partial charge in [0.05, 0.1) is 17.9 Å². The van der Waals surface area contributed by atoms with E-state index in [-0.39, 0.29) is 5.91 Å². The average molecular weight is 366 g/mol. The van der Waals surface area contributed by atoms with Gasteiger partial charge in [0.1, 0.15) is 0 Å². The minimum atomic E-state index is -3.42. The molecule has 0 saturated carbocycles. The van der Waals surface area contributed by atoms with Crippen LogP contribution in [0.4, 0.5) is 5.69 Å². The van der Waals surface area contributed by atoms with Crippen molar-refractivity contribution in [1.29, 1.82) is 0 Å². The van der Waals surface area contributed by atoms with Crippen molar-refractivity contribution in [2.75, 3.05) is 37.7 Å². The summed E-state index contributed by atoms with van der Waals surface area (Å²) >= 11 is 0. The molecule has 138 valence electrons. The van der Waals surface area contributed by atoms with Gasteiger partial charge >= 0.3 is 0 Å². The summed E-state index contributed by atoms with van der Waals surface area (Å²) in [6.07, 6.45) is 3.84. The summed E-state index contributed by atoms with van der Waals surface area (Å²) < 4.78 is 32.3. The standard InChI is InChI=1S/C18H26N2O4S/c1-2-24-13-9-18(21)20-12-5-6-15-14-16(7-8-17(15)20)25(22,23)19-10-3-4-11-19/h7-8,14H,2-6,9-13H2,1H3. The molecule has 1 aromatic carbocycles. The number of nitrogens with zero attached hydrogens (tertiary/aromatic N) is 2. The molecular weight excluding hydrogens is 340 g/mol. The number of carbonyl (C=O) groups is 1. The van der Waals surface area contributed by atoms with Crippen LogP contribution in [0.2, 0.25) is 0 Å². The van der Waals surface area contributed by atoms with E-state index in [2.05, 4.69) is 0 Å². The molecule has 0 radical (unpaired) electrons. The summed E-state index contributed by atoms with van der Waals surface area (Å²) in [5.41, 5.74) is 1.78. The van der Waals surface area contributed by atoms with Crippen LogP contribution < -0.4 is 4.90 Å². The summed E-state index contributed by atoms with van der Waals surface area (Å²) in [5.74, 6) is 0.0320. The third-order valence-corrected chi connectivity index (χ3v) is 6.73. The van der Waals surface area contributed by atoms with Gasteiger partial charge in [0.15, 0.2) is 0 Å². The highest BCUT2D eigenvalue weighted by molar-refractivity contribution is 7.89. The van der Waals surface area contributed by atoms with Gasteiger partial charge in [0, 0.05) is 31.9 Å². The zero-order valence-corrected chi connectivity index (χ0v) is 15.6. The molecule has 2 aliphatic rings. The number of fused-ring (bicyclic) bond motifs is 1. The molecule has 25 heavy (non-hydrogen) atoms. The topological polar surface area (TPSA) is 66.9 Å². The van der Waals surface area contributed by atoms with E-state index in [0.717, 1.165) is 36.9 Å². The van der Waals surface area contributed by atoms with Crippen LogP contribution in [0.1, 0.15) is 38.2 Å². The molecule has 6 nitrogen and oxygen atoms in total. The van der Waals surface area contributed by atoms with Crippen LogP contribution in [0.25, 0.3) is 0 Å². The Morgan fingerprint density at radius 2 is 1.92 bits per heavy atom. The summed E-state index contributed by atoms with van der Waals surface area (Å²) in [7, 11) is -3.42. The van der Waals surface area contributed by atoms with Gasteiger partial charge in [-0.2, -0.15) is 4.31 Å². The Hall–Kier alpha value is -1.44. The third-order valence-electron chi connectivity index (χ3n) is 4.84. The number of hydrogen-bond acceptors (Lipinski definition) is 4. The number of carbonyl (C=O) groups excluding carboxylic acids is 1. The monoisotopic (exact) mass is 366 g/mol. The smallest absolute Gasteiger partial charge is 0.243 e. The summed E-state index contributed by atoms with van der Waals surface area (Å²) in [6.45, 7) is 4.80. The largest absolute Gasteiger partial charge is 0.381 e. The first kappa shape index (κ1) is 18.4. The maximum absolute atomic E-state index is 12.7. The van der Waals surface area contributed by atoms with E-state index < -0.39 is 10.0 Å². The molecule has 7 heteroatoms. The quantitative estimate of drug-likeness (QED) is 0.724. The molecule has 0 N–H and O–H groups in total. The van der Waals surface area contributed by atoms with Crippen LogP contribution in [0.5, 0.6) is 0 Å². The van der Waals surface area contributed by atoms with E-state index in [4.69, 9.17) is 4.74 Å². The second-order valence-corrected chi connectivity index (χ2v) is 8.44. The Labute approximate surface area is 149 Å². The summed E-state index contributed by atoms with van der Waals surface area (Å²) in [4.78, 5) is 14.6. The zero-order valence-electron chi connectivity index (χ0n) is 14.7. The van der Waals surface area contributed by atoms with Gasteiger partial charge in [-0.3, -0.25) is 4.79 Å². The number of amides is 1. The molecule has 0 spiro atoms. The van der Waals surface area contributed by atoms with Gasteiger partial charge < -0.3 is 9.64 Å². The van der Waals surface area contributed by atoms with Crippen LogP contribution in [0, 0.1) is 0 Å². The fraction of sp³-hybridized carbons (Fsp3) is 0.611. The lowest BCUT2D eigenvalue weighted by Gasteiger charge is -2.30. The minimum Gasteiger partial charge on any atom is -0.381 e. The predicted octanol–water partition coefficient (Wildman–Crippen LogP) is 2.18. The van der Waals surface area contributed by atoms with E-state index in [1.54, 1.807) is 27.4 Å². The number of anilines is 1. The number of sulfonamides is 1. The fourth-order valence-electron chi connectivity index (χ4n) is 3.51. The van der Waals surface area contributed by atoms with Crippen molar-refractivity contribution in [3.05, 3.63) is 23.8 Å². The van der Waals surface area contributed by atoms with Crippen molar-refractivity contribution in [2.24, 2.45) is 0 Å². The molecule has 0 atom stereocenters. The van der Waals surface area contributed by atoms with Crippen molar-refractivity contribution < 1.29 is 17.9 Å². The van der Waals surface area contributed by atoms with Crippen molar-refractivity contribution in [3.8, 4) is 0 Å². The average Bonchev–Trinajstić information content (AvgIpc) is 3.16. The van der Waals surface area contributed by atoms with Crippen molar-refractivity contribution in [3.63, 3.8) is 0 Å². The van der Waals surface area contributed by atoms with E-state index >= 15 is 0 Å². The maximum Gasteiger partial charge on any atom is 0.243 e. The van der Waals surface area contributed by atoms with Gasteiger partial charge in [0.2, 0.25) is 15.9 Å². The number of ether oxygens (including phenoxy) is 1. The molecule has 2 heterocycles. The number of hydrogen-bond donors (Lipinski definition) is 0. The molecule has 3 rings (SSSR count). The number of rotatable bonds is 6. The molecule has 2 aliphatic heterocycles. The normalized spacial score (nSPS) is 18.4. The molecule has 0 unspecified atom stereocenters. The van der Waals surface area contributed by atoms with E-state index in [0.29, 0.717) is 44.2 Å². The Balaban J connectivity index is 1.81. The lowest BCUT2D eigenvalue weighted by molar-refractivity contribution is -0.119. The van der Waals surface area contributed by atoms with Crippen LogP contribution in [0.3, 0.4) is 0 Å². The first-order valence-corrected chi connectivity index (χ1v) is 10.5. The number of aryl methyl sites for hydroxylation is 1. The summed E-state index contributed by atoms with van der Waals surface area (Å²) in [6, 6.07) is 5.18. The lowest BCUT2D eigenvalue weighted by atomic mass is 10.0. The molecule has 0 aliphatic carbocycles. The first-order chi connectivity index (χ1) is 12.0. The molecule has 1 amide bonds. The molecular formula is C18H26N2O4S. The second-order valence-electron chi connectivity index (χ2n) is 6.50. The number of benzene rings is 1. The maximum atomic E-state index is 12.7. The molecule has 1 fully saturated rings. The van der Waals surface area contributed by atoms with Crippen LogP contribution in [0.15, 0.2) is 23.1 Å². The second kappa shape index (κ2) is 7.85. The minimum absolute atomic E-state index is 0.0320. The Bertz CT molecular complexity index is 727. The SMILES string of the molecule is CCOCCC(=O)N1CCCc2cc(S(=O)(=O)N3CCCC3)ccc21. The van der Waals surface area contributed by atoms with Gasteiger partial charge in [-0.15, -0.1) is 0 Å². The Morgan fingerprint density at radius 3 is 2.64 bits per heavy atom. The van der Waals surface area contributed by atoms with Crippen molar-refractivity contribution in [1.82, 2.24) is 4.31 Å². The third kappa shape index (κ3) is 3.88. The van der Waals surface area contributed by atoms with Gasteiger partial charge in [-0.1, -0.05) is 0 Å². The van der Waals surface area contributed by atoms with Crippen LogP contribution in [-0.4, -0.2) is 51.5 Å². The highest BCUT2D eigenvalue weighted by Crippen LogP contribution is 2.31. The van der Waals surface area contributed by atoms with Crippen LogP contribution in [-0.2, 0) is 26.0 Å². The fourth-order valence-corrected chi connectivity index (χ4v) is 5.08. The molecule has 0 bridgehead atoms. The van der Waals surface area contributed by atoms with E-state index in [9.17, 15) is 13.2 Å². The Kier molecular flexibility index (Phi) is 5.76. The lowest BCUT2D eigenvalue weighted by Crippen LogP contribution is -2.36. The van der Waals surface area contributed by atoms with Crippen molar-refractivity contribution >= 4 is 21.6 Å². The molecule has 1 aromatic rings. The highest BCUT2D eigenvalue weighted by Gasteiger charge is 2.29. The molecule has 1 saturated heterocycles.